The lowest BCUT2D eigenvalue weighted by Gasteiger charge is -2.26. The smallest absolute Gasteiger partial charge is 0.124 e. The fourth-order valence-electron chi connectivity index (χ4n) is 2.95. The Morgan fingerprint density at radius 1 is 1.32 bits per heavy atom. The molecular formula is C15H22BrFN2. The van der Waals surface area contributed by atoms with E-state index >= 15 is 0 Å². The van der Waals surface area contributed by atoms with E-state index in [1.807, 2.05) is 6.07 Å². The van der Waals surface area contributed by atoms with Crippen molar-refractivity contribution in [3.63, 3.8) is 0 Å². The molecule has 1 unspecified atom stereocenters. The summed E-state index contributed by atoms with van der Waals surface area (Å²) < 4.78 is 14.2. The zero-order valence-corrected chi connectivity index (χ0v) is 13.3. The summed E-state index contributed by atoms with van der Waals surface area (Å²) in [6.07, 6.45) is 1.22. The summed E-state index contributed by atoms with van der Waals surface area (Å²) in [4.78, 5) is 4.94. The number of likely N-dealkylation sites (N-methyl/N-ethyl adjacent to an activating group) is 1. The van der Waals surface area contributed by atoms with Crippen molar-refractivity contribution >= 4 is 15.9 Å². The molecule has 0 bridgehead atoms. The summed E-state index contributed by atoms with van der Waals surface area (Å²) in [5.41, 5.74) is 1.05. The monoisotopic (exact) mass is 328 g/mol. The summed E-state index contributed by atoms with van der Waals surface area (Å²) in [6.45, 7) is 9.70. The average Bonchev–Trinajstić information content (AvgIpc) is 2.78. The van der Waals surface area contributed by atoms with Gasteiger partial charge in [-0.1, -0.05) is 29.8 Å². The number of likely N-dealkylation sites (tertiary alicyclic amines) is 1. The van der Waals surface area contributed by atoms with Crippen LogP contribution in [0.2, 0.25) is 0 Å². The van der Waals surface area contributed by atoms with Gasteiger partial charge in [0, 0.05) is 30.1 Å². The van der Waals surface area contributed by atoms with Gasteiger partial charge in [-0.05, 0) is 43.3 Å². The molecule has 0 aromatic heterocycles. The van der Waals surface area contributed by atoms with Crippen molar-refractivity contribution in [1.82, 2.24) is 9.80 Å². The molecule has 1 fully saturated rings. The second-order valence-electron chi connectivity index (χ2n) is 5.18. The Bertz CT molecular complexity index is 400. The Kier molecular flexibility index (Phi) is 5.37. The Balaban J connectivity index is 1.94. The van der Waals surface area contributed by atoms with Crippen LogP contribution in [0, 0.1) is 5.82 Å². The highest BCUT2D eigenvalue weighted by atomic mass is 79.9. The van der Waals surface area contributed by atoms with Crippen LogP contribution < -0.4 is 0 Å². The largest absolute Gasteiger partial charge is 0.300 e. The van der Waals surface area contributed by atoms with Crippen LogP contribution in [0.1, 0.15) is 25.8 Å². The number of rotatable bonds is 5. The van der Waals surface area contributed by atoms with Gasteiger partial charge in [-0.3, -0.25) is 9.80 Å². The minimum atomic E-state index is -0.163. The van der Waals surface area contributed by atoms with Crippen LogP contribution in [0.5, 0.6) is 0 Å². The third-order valence-electron chi connectivity index (χ3n) is 3.90. The Morgan fingerprint density at radius 3 is 2.68 bits per heavy atom. The van der Waals surface area contributed by atoms with E-state index in [-0.39, 0.29) is 5.82 Å². The molecule has 4 heteroatoms. The van der Waals surface area contributed by atoms with Crippen LogP contribution >= 0.6 is 15.9 Å². The SMILES string of the molecule is CCN(CC)C1CCN(Cc2cc(F)cc(Br)c2)C1. The first-order valence-corrected chi connectivity index (χ1v) is 7.83. The third-order valence-corrected chi connectivity index (χ3v) is 4.36. The lowest BCUT2D eigenvalue weighted by molar-refractivity contribution is 0.209. The number of nitrogens with zero attached hydrogens (tertiary/aromatic N) is 2. The second-order valence-corrected chi connectivity index (χ2v) is 6.09. The lowest BCUT2D eigenvalue weighted by atomic mass is 10.2. The van der Waals surface area contributed by atoms with Gasteiger partial charge in [-0.2, -0.15) is 0 Å². The van der Waals surface area contributed by atoms with Crippen molar-refractivity contribution in [2.24, 2.45) is 0 Å². The van der Waals surface area contributed by atoms with Crippen molar-refractivity contribution in [1.29, 1.82) is 0 Å². The Hall–Kier alpha value is -0.450. The summed E-state index contributed by atoms with van der Waals surface area (Å²) in [5, 5.41) is 0. The molecule has 0 amide bonds. The van der Waals surface area contributed by atoms with Gasteiger partial charge in [0.15, 0.2) is 0 Å². The maximum atomic E-state index is 13.4. The van der Waals surface area contributed by atoms with Gasteiger partial charge in [0.2, 0.25) is 0 Å². The number of halogens is 2. The van der Waals surface area contributed by atoms with Crippen LogP contribution in [0.15, 0.2) is 22.7 Å². The molecule has 0 aliphatic carbocycles. The number of hydrogen-bond acceptors (Lipinski definition) is 2. The fourth-order valence-corrected chi connectivity index (χ4v) is 3.47. The average molecular weight is 329 g/mol. The molecule has 1 atom stereocenters. The first-order chi connectivity index (χ1) is 9.12. The minimum absolute atomic E-state index is 0.163. The molecule has 1 aliphatic heterocycles. The molecular weight excluding hydrogens is 307 g/mol. The molecule has 2 nitrogen and oxygen atoms in total. The summed E-state index contributed by atoms with van der Waals surface area (Å²) in [5.74, 6) is -0.163. The van der Waals surface area contributed by atoms with Crippen LogP contribution in [-0.2, 0) is 6.54 Å². The molecule has 106 valence electrons. The van der Waals surface area contributed by atoms with Gasteiger partial charge in [0.25, 0.3) is 0 Å². The first-order valence-electron chi connectivity index (χ1n) is 7.03. The van der Waals surface area contributed by atoms with Gasteiger partial charge in [-0.15, -0.1) is 0 Å². The van der Waals surface area contributed by atoms with Gasteiger partial charge >= 0.3 is 0 Å². The third kappa shape index (κ3) is 4.01. The normalized spacial score (nSPS) is 20.4. The quantitative estimate of drug-likeness (QED) is 0.816. The molecule has 1 aromatic carbocycles. The number of benzene rings is 1. The molecule has 0 saturated carbocycles. The molecule has 1 aromatic rings. The van der Waals surface area contributed by atoms with E-state index in [0.717, 1.165) is 42.8 Å². The van der Waals surface area contributed by atoms with Crippen molar-refractivity contribution in [2.45, 2.75) is 32.9 Å². The van der Waals surface area contributed by atoms with E-state index in [1.165, 1.54) is 12.5 Å². The Labute approximate surface area is 123 Å². The van der Waals surface area contributed by atoms with E-state index in [4.69, 9.17) is 0 Å². The van der Waals surface area contributed by atoms with Gasteiger partial charge in [0.1, 0.15) is 5.82 Å². The zero-order chi connectivity index (χ0) is 13.8. The molecule has 0 spiro atoms. The van der Waals surface area contributed by atoms with Gasteiger partial charge in [0.05, 0.1) is 0 Å². The van der Waals surface area contributed by atoms with Crippen molar-refractivity contribution < 1.29 is 4.39 Å². The molecule has 0 radical (unpaired) electrons. The molecule has 0 N–H and O–H groups in total. The van der Waals surface area contributed by atoms with Crippen molar-refractivity contribution in [2.75, 3.05) is 26.2 Å². The highest BCUT2D eigenvalue weighted by Crippen LogP contribution is 2.20. The molecule has 1 saturated heterocycles. The minimum Gasteiger partial charge on any atom is -0.300 e. The van der Waals surface area contributed by atoms with E-state index in [9.17, 15) is 4.39 Å². The van der Waals surface area contributed by atoms with Gasteiger partial charge < -0.3 is 0 Å². The van der Waals surface area contributed by atoms with E-state index < -0.39 is 0 Å². The number of hydrogen-bond donors (Lipinski definition) is 0. The fraction of sp³-hybridized carbons (Fsp3) is 0.600. The Morgan fingerprint density at radius 2 is 2.05 bits per heavy atom. The van der Waals surface area contributed by atoms with Crippen LogP contribution in [0.3, 0.4) is 0 Å². The zero-order valence-electron chi connectivity index (χ0n) is 11.7. The second kappa shape index (κ2) is 6.82. The van der Waals surface area contributed by atoms with E-state index in [2.05, 4.69) is 39.6 Å². The highest BCUT2D eigenvalue weighted by molar-refractivity contribution is 9.10. The van der Waals surface area contributed by atoms with Crippen LogP contribution in [-0.4, -0.2) is 42.0 Å². The predicted octanol–water partition coefficient (Wildman–Crippen LogP) is 3.50. The van der Waals surface area contributed by atoms with Gasteiger partial charge in [-0.25, -0.2) is 4.39 Å². The summed E-state index contributed by atoms with van der Waals surface area (Å²) in [6, 6.07) is 5.81. The molecule has 2 rings (SSSR count). The maximum Gasteiger partial charge on any atom is 0.124 e. The molecule has 1 aliphatic rings. The standard InChI is InChI=1S/C15H22BrFN2/c1-3-19(4-2)15-5-6-18(11-15)10-12-7-13(16)9-14(17)8-12/h7-9,15H,3-6,10-11H2,1-2H3. The molecule has 1 heterocycles. The topological polar surface area (TPSA) is 6.48 Å². The van der Waals surface area contributed by atoms with E-state index in [0.29, 0.717) is 6.04 Å². The predicted molar refractivity (Wildman–Crippen MR) is 80.7 cm³/mol. The maximum absolute atomic E-state index is 13.4. The lowest BCUT2D eigenvalue weighted by Crippen LogP contribution is -2.37. The van der Waals surface area contributed by atoms with Crippen molar-refractivity contribution in [3.8, 4) is 0 Å². The summed E-state index contributed by atoms with van der Waals surface area (Å²) in [7, 11) is 0. The molecule has 19 heavy (non-hydrogen) atoms. The first kappa shape index (κ1) is 14.9. The van der Waals surface area contributed by atoms with Crippen LogP contribution in [0.25, 0.3) is 0 Å². The van der Waals surface area contributed by atoms with Crippen molar-refractivity contribution in [3.05, 3.63) is 34.1 Å². The van der Waals surface area contributed by atoms with E-state index in [1.54, 1.807) is 6.07 Å². The van der Waals surface area contributed by atoms with Crippen LogP contribution in [0.4, 0.5) is 4.39 Å². The summed E-state index contributed by atoms with van der Waals surface area (Å²) >= 11 is 3.35. The highest BCUT2D eigenvalue weighted by Gasteiger charge is 2.25.